The maximum Gasteiger partial charge on any atom is 0.271 e. The number of nitro benzene ring substituents is 1. The molecule has 4 nitrogen and oxygen atoms in total. The Labute approximate surface area is 121 Å². The Balaban J connectivity index is 2.46. The van der Waals surface area contributed by atoms with Gasteiger partial charge in [0.1, 0.15) is 0 Å². The SMILES string of the molecule is CCCCCCCC(C)Nc1cc([N+](=O)[O-])ccc1C. The van der Waals surface area contributed by atoms with E-state index in [-0.39, 0.29) is 10.6 Å². The molecule has 0 saturated heterocycles. The zero-order chi connectivity index (χ0) is 15.0. The number of unbranched alkanes of at least 4 members (excludes halogenated alkanes) is 4. The van der Waals surface area contributed by atoms with Crippen molar-refractivity contribution in [3.8, 4) is 0 Å². The summed E-state index contributed by atoms with van der Waals surface area (Å²) in [6.07, 6.45) is 7.47. The molecule has 0 aliphatic heterocycles. The smallest absolute Gasteiger partial charge is 0.271 e. The van der Waals surface area contributed by atoms with Crippen LogP contribution in [0.1, 0.15) is 57.9 Å². The number of non-ortho nitro benzene ring substituents is 1. The van der Waals surface area contributed by atoms with Gasteiger partial charge in [-0.3, -0.25) is 10.1 Å². The first-order valence-corrected chi connectivity index (χ1v) is 7.56. The summed E-state index contributed by atoms with van der Waals surface area (Å²) in [7, 11) is 0. The molecule has 0 aliphatic rings. The fraction of sp³-hybridized carbons (Fsp3) is 0.625. The summed E-state index contributed by atoms with van der Waals surface area (Å²) in [5.41, 5.74) is 2.07. The molecule has 1 atom stereocenters. The first kappa shape index (κ1) is 16.5. The summed E-state index contributed by atoms with van der Waals surface area (Å²) in [5, 5.41) is 14.2. The molecular weight excluding hydrogens is 252 g/mol. The molecular formula is C16H26N2O2. The average molecular weight is 278 g/mol. The van der Waals surface area contributed by atoms with Crippen molar-refractivity contribution >= 4 is 11.4 Å². The molecule has 4 heteroatoms. The molecule has 0 radical (unpaired) electrons. The molecule has 1 rings (SSSR count). The second-order valence-corrected chi connectivity index (χ2v) is 5.50. The third kappa shape index (κ3) is 5.59. The van der Waals surface area contributed by atoms with Crippen molar-refractivity contribution in [3.63, 3.8) is 0 Å². The van der Waals surface area contributed by atoms with Gasteiger partial charge in [0, 0.05) is 23.9 Å². The van der Waals surface area contributed by atoms with E-state index in [1.54, 1.807) is 18.2 Å². The monoisotopic (exact) mass is 278 g/mol. The molecule has 112 valence electrons. The lowest BCUT2D eigenvalue weighted by Crippen LogP contribution is -2.15. The van der Waals surface area contributed by atoms with Crippen LogP contribution < -0.4 is 5.32 Å². The van der Waals surface area contributed by atoms with E-state index in [9.17, 15) is 10.1 Å². The van der Waals surface area contributed by atoms with Gasteiger partial charge in [-0.15, -0.1) is 0 Å². The third-order valence-corrected chi connectivity index (χ3v) is 3.57. The van der Waals surface area contributed by atoms with Crippen LogP contribution in [0, 0.1) is 17.0 Å². The van der Waals surface area contributed by atoms with Gasteiger partial charge >= 0.3 is 0 Å². The summed E-state index contributed by atoms with van der Waals surface area (Å²) < 4.78 is 0. The fourth-order valence-corrected chi connectivity index (χ4v) is 2.27. The highest BCUT2D eigenvalue weighted by Crippen LogP contribution is 2.23. The van der Waals surface area contributed by atoms with Crippen LogP contribution in [0.2, 0.25) is 0 Å². The molecule has 0 bridgehead atoms. The van der Waals surface area contributed by atoms with E-state index in [0.717, 1.165) is 17.7 Å². The van der Waals surface area contributed by atoms with Crippen molar-refractivity contribution in [2.24, 2.45) is 0 Å². The van der Waals surface area contributed by atoms with Crippen molar-refractivity contribution in [2.75, 3.05) is 5.32 Å². The second kappa shape index (κ2) is 8.56. The Morgan fingerprint density at radius 1 is 1.25 bits per heavy atom. The van der Waals surface area contributed by atoms with Crippen molar-refractivity contribution in [1.29, 1.82) is 0 Å². The largest absolute Gasteiger partial charge is 0.382 e. The fourth-order valence-electron chi connectivity index (χ4n) is 2.27. The number of hydrogen-bond donors (Lipinski definition) is 1. The van der Waals surface area contributed by atoms with E-state index in [1.807, 2.05) is 6.92 Å². The summed E-state index contributed by atoms with van der Waals surface area (Å²) in [6, 6.07) is 5.32. The predicted molar refractivity (Wildman–Crippen MR) is 84.3 cm³/mol. The van der Waals surface area contributed by atoms with Crippen LogP contribution in [0.15, 0.2) is 18.2 Å². The minimum atomic E-state index is -0.347. The van der Waals surface area contributed by atoms with Crippen LogP contribution in [-0.2, 0) is 0 Å². The van der Waals surface area contributed by atoms with Crippen LogP contribution in [0.3, 0.4) is 0 Å². The highest BCUT2D eigenvalue weighted by atomic mass is 16.6. The van der Waals surface area contributed by atoms with E-state index in [0.29, 0.717) is 6.04 Å². The van der Waals surface area contributed by atoms with Gasteiger partial charge in [-0.25, -0.2) is 0 Å². The minimum absolute atomic E-state index is 0.147. The summed E-state index contributed by atoms with van der Waals surface area (Å²) >= 11 is 0. The molecule has 0 fully saturated rings. The summed E-state index contributed by atoms with van der Waals surface area (Å²) in [4.78, 5) is 10.5. The van der Waals surface area contributed by atoms with Gasteiger partial charge in [0.2, 0.25) is 0 Å². The van der Waals surface area contributed by atoms with Crippen molar-refractivity contribution in [1.82, 2.24) is 0 Å². The average Bonchev–Trinajstić information content (AvgIpc) is 2.40. The van der Waals surface area contributed by atoms with Gasteiger partial charge in [-0.2, -0.15) is 0 Å². The van der Waals surface area contributed by atoms with E-state index in [2.05, 4.69) is 19.2 Å². The van der Waals surface area contributed by atoms with Crippen molar-refractivity contribution in [2.45, 2.75) is 65.3 Å². The Morgan fingerprint density at radius 3 is 2.60 bits per heavy atom. The number of nitrogens with zero attached hydrogens (tertiary/aromatic N) is 1. The molecule has 1 unspecified atom stereocenters. The zero-order valence-electron chi connectivity index (χ0n) is 12.8. The van der Waals surface area contributed by atoms with E-state index < -0.39 is 0 Å². The molecule has 0 heterocycles. The van der Waals surface area contributed by atoms with Crippen molar-refractivity contribution < 1.29 is 4.92 Å². The molecule has 0 amide bonds. The number of hydrogen-bond acceptors (Lipinski definition) is 3. The van der Waals surface area contributed by atoms with Gasteiger partial charge < -0.3 is 5.32 Å². The molecule has 0 saturated carbocycles. The summed E-state index contributed by atoms with van der Waals surface area (Å²) in [6.45, 7) is 6.33. The standard InChI is InChI=1S/C16H26N2O2/c1-4-5-6-7-8-9-14(3)17-16-12-15(18(19)20)11-10-13(16)2/h10-12,14,17H,4-9H2,1-3H3. The number of aryl methyl sites for hydroxylation is 1. The van der Waals surface area contributed by atoms with Gasteiger partial charge in [0.25, 0.3) is 5.69 Å². The number of rotatable bonds is 9. The quantitative estimate of drug-likeness (QED) is 0.390. The summed E-state index contributed by atoms with van der Waals surface area (Å²) in [5.74, 6) is 0. The highest BCUT2D eigenvalue weighted by molar-refractivity contribution is 5.57. The Morgan fingerprint density at radius 2 is 1.95 bits per heavy atom. The molecule has 1 aromatic rings. The zero-order valence-corrected chi connectivity index (χ0v) is 12.8. The maximum absolute atomic E-state index is 10.8. The number of nitro groups is 1. The van der Waals surface area contributed by atoms with Gasteiger partial charge in [0.15, 0.2) is 0 Å². The highest BCUT2D eigenvalue weighted by Gasteiger charge is 2.10. The van der Waals surface area contributed by atoms with Crippen LogP contribution in [-0.4, -0.2) is 11.0 Å². The predicted octanol–water partition coefficient (Wildman–Crippen LogP) is 5.06. The van der Waals surface area contributed by atoms with Crippen LogP contribution in [0.25, 0.3) is 0 Å². The second-order valence-electron chi connectivity index (χ2n) is 5.50. The topological polar surface area (TPSA) is 55.2 Å². The first-order valence-electron chi connectivity index (χ1n) is 7.56. The number of anilines is 1. The normalized spacial score (nSPS) is 12.2. The Kier molecular flexibility index (Phi) is 7.05. The number of benzene rings is 1. The van der Waals surface area contributed by atoms with E-state index in [1.165, 1.54) is 32.1 Å². The molecule has 20 heavy (non-hydrogen) atoms. The lowest BCUT2D eigenvalue weighted by molar-refractivity contribution is -0.384. The lowest BCUT2D eigenvalue weighted by Gasteiger charge is -2.16. The minimum Gasteiger partial charge on any atom is -0.382 e. The van der Waals surface area contributed by atoms with E-state index >= 15 is 0 Å². The van der Waals surface area contributed by atoms with Crippen LogP contribution >= 0.6 is 0 Å². The molecule has 0 aliphatic carbocycles. The first-order chi connectivity index (χ1) is 9.54. The molecule has 1 aromatic carbocycles. The number of nitrogens with one attached hydrogen (secondary N) is 1. The van der Waals surface area contributed by atoms with Gasteiger partial charge in [0.05, 0.1) is 4.92 Å². The van der Waals surface area contributed by atoms with Gasteiger partial charge in [-0.05, 0) is 25.8 Å². The Hall–Kier alpha value is -1.58. The maximum atomic E-state index is 10.8. The molecule has 0 spiro atoms. The Bertz CT molecular complexity index is 432. The van der Waals surface area contributed by atoms with Crippen molar-refractivity contribution in [3.05, 3.63) is 33.9 Å². The lowest BCUT2D eigenvalue weighted by atomic mass is 10.1. The third-order valence-electron chi connectivity index (χ3n) is 3.57. The molecule has 1 N–H and O–H groups in total. The van der Waals surface area contributed by atoms with E-state index in [4.69, 9.17) is 0 Å². The van der Waals surface area contributed by atoms with Crippen LogP contribution in [0.4, 0.5) is 11.4 Å². The molecule has 0 aromatic heterocycles. The van der Waals surface area contributed by atoms with Crippen LogP contribution in [0.5, 0.6) is 0 Å². The van der Waals surface area contributed by atoms with Gasteiger partial charge in [-0.1, -0.05) is 45.1 Å².